The van der Waals surface area contributed by atoms with Crippen molar-refractivity contribution in [2.75, 3.05) is 0 Å². The fraction of sp³-hybridized carbons (Fsp3) is 0.417. The number of fused-ring (bicyclic) bond motifs is 1. The van der Waals surface area contributed by atoms with Gasteiger partial charge in [0.2, 0.25) is 0 Å². The van der Waals surface area contributed by atoms with Crippen LogP contribution in [0.15, 0.2) is 18.2 Å². The molecule has 1 aliphatic heterocycles. The summed E-state index contributed by atoms with van der Waals surface area (Å²) in [5.41, 5.74) is 3.40. The third-order valence-electron chi connectivity index (χ3n) is 2.66. The molecule has 74 valence electrons. The summed E-state index contributed by atoms with van der Waals surface area (Å²) in [5.74, 6) is 0.0560. The van der Waals surface area contributed by atoms with Crippen molar-refractivity contribution in [2.45, 2.75) is 32.7 Å². The maximum Gasteiger partial charge on any atom is 0.251 e. The first kappa shape index (κ1) is 9.25. The van der Waals surface area contributed by atoms with Crippen LogP contribution in [0.1, 0.15) is 42.3 Å². The Morgan fingerprint density at radius 1 is 1.29 bits per heavy atom. The van der Waals surface area contributed by atoms with Crippen molar-refractivity contribution in [3.63, 3.8) is 0 Å². The highest BCUT2D eigenvalue weighted by atomic mass is 16.1. The summed E-state index contributed by atoms with van der Waals surface area (Å²) >= 11 is 0. The highest BCUT2D eigenvalue weighted by Gasteiger charge is 2.21. The monoisotopic (exact) mass is 189 g/mol. The molecule has 0 saturated carbocycles. The van der Waals surface area contributed by atoms with Gasteiger partial charge in [-0.25, -0.2) is 0 Å². The average molecular weight is 189 g/mol. The third kappa shape index (κ3) is 1.41. The van der Waals surface area contributed by atoms with E-state index in [1.807, 2.05) is 12.1 Å². The summed E-state index contributed by atoms with van der Waals surface area (Å²) in [6, 6.07) is 6.11. The molecule has 2 nitrogen and oxygen atoms in total. The Morgan fingerprint density at radius 3 is 2.64 bits per heavy atom. The summed E-state index contributed by atoms with van der Waals surface area (Å²) in [4.78, 5) is 11.3. The quantitative estimate of drug-likeness (QED) is 0.666. The first-order valence-corrected chi connectivity index (χ1v) is 4.90. The van der Waals surface area contributed by atoms with Crippen molar-refractivity contribution in [3.8, 4) is 0 Å². The Bertz CT molecular complexity index is 388. The van der Waals surface area contributed by atoms with Gasteiger partial charge in [-0.2, -0.15) is 0 Å². The summed E-state index contributed by atoms with van der Waals surface area (Å²) in [5, 5.41) is 2.82. The maximum absolute atomic E-state index is 11.3. The highest BCUT2D eigenvalue weighted by Crippen LogP contribution is 2.26. The normalized spacial score (nSPS) is 15.2. The zero-order chi connectivity index (χ0) is 10.3. The van der Waals surface area contributed by atoms with Crippen molar-refractivity contribution < 1.29 is 4.79 Å². The van der Waals surface area contributed by atoms with E-state index in [0.717, 1.165) is 11.1 Å². The van der Waals surface area contributed by atoms with Gasteiger partial charge in [-0.3, -0.25) is 4.79 Å². The Hall–Kier alpha value is -1.31. The second-order valence-electron chi connectivity index (χ2n) is 4.80. The number of amides is 1. The number of benzene rings is 1. The Kier molecular flexibility index (Phi) is 1.88. The molecule has 2 rings (SSSR count). The van der Waals surface area contributed by atoms with Gasteiger partial charge in [0.05, 0.1) is 0 Å². The lowest BCUT2D eigenvalue weighted by molar-refractivity contribution is 0.0966. The van der Waals surface area contributed by atoms with Crippen LogP contribution in [-0.2, 0) is 12.0 Å². The lowest BCUT2D eigenvalue weighted by Gasteiger charge is -2.19. The van der Waals surface area contributed by atoms with Crippen LogP contribution >= 0.6 is 0 Å². The van der Waals surface area contributed by atoms with Crippen LogP contribution in [0.2, 0.25) is 0 Å². The van der Waals surface area contributed by atoms with Crippen LogP contribution in [0.25, 0.3) is 0 Å². The van der Waals surface area contributed by atoms with Crippen molar-refractivity contribution >= 4 is 5.91 Å². The van der Waals surface area contributed by atoms with E-state index in [9.17, 15) is 4.79 Å². The summed E-state index contributed by atoms with van der Waals surface area (Å²) in [6.07, 6.45) is 0. The second-order valence-corrected chi connectivity index (χ2v) is 4.80. The fourth-order valence-corrected chi connectivity index (χ4v) is 1.70. The molecule has 0 aliphatic carbocycles. The molecular weight excluding hydrogens is 174 g/mol. The topological polar surface area (TPSA) is 29.1 Å². The molecule has 1 amide bonds. The number of nitrogens with one attached hydrogen (secondary N) is 1. The lowest BCUT2D eigenvalue weighted by Crippen LogP contribution is -2.12. The van der Waals surface area contributed by atoms with Gasteiger partial charge in [-0.15, -0.1) is 0 Å². The van der Waals surface area contributed by atoms with Gasteiger partial charge < -0.3 is 5.32 Å². The minimum Gasteiger partial charge on any atom is -0.348 e. The van der Waals surface area contributed by atoms with E-state index >= 15 is 0 Å². The zero-order valence-electron chi connectivity index (χ0n) is 8.85. The molecule has 0 unspecified atom stereocenters. The van der Waals surface area contributed by atoms with Crippen LogP contribution in [-0.4, -0.2) is 5.91 Å². The molecule has 1 N–H and O–H groups in total. The first-order valence-electron chi connectivity index (χ1n) is 4.90. The molecule has 1 aromatic carbocycles. The van der Waals surface area contributed by atoms with E-state index in [4.69, 9.17) is 0 Å². The number of carbonyl (C=O) groups excluding carboxylic acids is 1. The maximum atomic E-state index is 11.3. The summed E-state index contributed by atoms with van der Waals surface area (Å²) < 4.78 is 0. The number of hydrogen-bond acceptors (Lipinski definition) is 1. The molecule has 0 atom stereocenters. The van der Waals surface area contributed by atoms with Crippen molar-refractivity contribution in [1.29, 1.82) is 0 Å². The van der Waals surface area contributed by atoms with Crippen molar-refractivity contribution in [3.05, 3.63) is 34.9 Å². The van der Waals surface area contributed by atoms with Crippen LogP contribution in [0, 0.1) is 0 Å². The predicted octanol–water partition coefficient (Wildman–Crippen LogP) is 2.23. The van der Waals surface area contributed by atoms with Gasteiger partial charge in [0.15, 0.2) is 0 Å². The molecular formula is C12H15NO. The Labute approximate surface area is 84.3 Å². The van der Waals surface area contributed by atoms with Gasteiger partial charge in [-0.05, 0) is 22.6 Å². The minimum atomic E-state index is 0.0560. The number of hydrogen-bond donors (Lipinski definition) is 1. The predicted molar refractivity (Wildman–Crippen MR) is 56.3 cm³/mol. The smallest absolute Gasteiger partial charge is 0.251 e. The van der Waals surface area contributed by atoms with Crippen LogP contribution in [0.5, 0.6) is 0 Å². The Balaban J connectivity index is 2.47. The number of carbonyl (C=O) groups is 1. The molecule has 0 radical (unpaired) electrons. The molecule has 1 aliphatic rings. The molecule has 0 saturated heterocycles. The van der Waals surface area contributed by atoms with Gasteiger partial charge in [0.25, 0.3) is 5.91 Å². The van der Waals surface area contributed by atoms with Crippen LogP contribution in [0.4, 0.5) is 0 Å². The first-order chi connectivity index (χ1) is 6.48. The molecule has 0 fully saturated rings. The van der Waals surface area contributed by atoms with Gasteiger partial charge in [0, 0.05) is 12.1 Å². The molecule has 1 aromatic rings. The van der Waals surface area contributed by atoms with E-state index in [-0.39, 0.29) is 11.3 Å². The SMILES string of the molecule is CC(C)(C)c1ccc2c(c1)CNC2=O. The molecule has 1 heterocycles. The molecule has 0 bridgehead atoms. The molecule has 2 heteroatoms. The highest BCUT2D eigenvalue weighted by molar-refractivity contribution is 5.98. The van der Waals surface area contributed by atoms with Crippen LogP contribution < -0.4 is 5.32 Å². The standard InChI is InChI=1S/C12H15NO/c1-12(2,3)9-4-5-10-8(6-9)7-13-11(10)14/h4-6H,7H2,1-3H3,(H,13,14). The average Bonchev–Trinajstić information content (AvgIpc) is 2.46. The molecule has 14 heavy (non-hydrogen) atoms. The molecule has 0 spiro atoms. The van der Waals surface area contributed by atoms with Gasteiger partial charge in [-0.1, -0.05) is 32.9 Å². The van der Waals surface area contributed by atoms with Gasteiger partial charge >= 0.3 is 0 Å². The van der Waals surface area contributed by atoms with E-state index < -0.39 is 0 Å². The number of rotatable bonds is 0. The minimum absolute atomic E-state index is 0.0560. The van der Waals surface area contributed by atoms with Crippen molar-refractivity contribution in [1.82, 2.24) is 5.32 Å². The largest absolute Gasteiger partial charge is 0.348 e. The zero-order valence-corrected chi connectivity index (χ0v) is 8.85. The lowest BCUT2D eigenvalue weighted by atomic mass is 9.85. The van der Waals surface area contributed by atoms with Crippen LogP contribution in [0.3, 0.4) is 0 Å². The van der Waals surface area contributed by atoms with E-state index in [1.54, 1.807) is 0 Å². The van der Waals surface area contributed by atoms with E-state index in [0.29, 0.717) is 6.54 Å². The third-order valence-corrected chi connectivity index (χ3v) is 2.66. The second kappa shape index (κ2) is 2.84. The Morgan fingerprint density at radius 2 is 2.00 bits per heavy atom. The van der Waals surface area contributed by atoms with E-state index in [1.165, 1.54) is 5.56 Å². The summed E-state index contributed by atoms with van der Waals surface area (Å²) in [7, 11) is 0. The molecule has 0 aromatic heterocycles. The fourth-order valence-electron chi connectivity index (χ4n) is 1.70. The van der Waals surface area contributed by atoms with Gasteiger partial charge in [0.1, 0.15) is 0 Å². The van der Waals surface area contributed by atoms with Crippen molar-refractivity contribution in [2.24, 2.45) is 0 Å². The van der Waals surface area contributed by atoms with E-state index in [2.05, 4.69) is 32.2 Å². The summed E-state index contributed by atoms with van der Waals surface area (Å²) in [6.45, 7) is 7.22.